The van der Waals surface area contributed by atoms with Gasteiger partial charge in [0.15, 0.2) is 0 Å². The highest BCUT2D eigenvalue weighted by Gasteiger charge is 2.11. The van der Waals surface area contributed by atoms with Crippen molar-refractivity contribution in [3.8, 4) is 11.5 Å². The molecule has 3 aromatic carbocycles. The van der Waals surface area contributed by atoms with E-state index in [2.05, 4.69) is 17.4 Å². The van der Waals surface area contributed by atoms with Gasteiger partial charge in [-0.2, -0.15) is 0 Å². The molecule has 0 saturated carbocycles. The standard InChI is InChI=1S/C24H25NO3S/c1-18(2)28-23-11-7-6-10-22(23)25-24(26)19-12-14-20(15-13-19)27-16-17-29-21-8-4-3-5-9-21/h3-15,18H,16-17H2,1-2H3,(H,25,26). The number of carbonyl (C=O) groups is 1. The Morgan fingerprint density at radius 3 is 2.34 bits per heavy atom. The Hall–Kier alpha value is -2.92. The molecule has 0 aromatic heterocycles. The third kappa shape index (κ3) is 6.57. The zero-order chi connectivity index (χ0) is 20.5. The summed E-state index contributed by atoms with van der Waals surface area (Å²) in [6.07, 6.45) is 0.0320. The predicted molar refractivity (Wildman–Crippen MR) is 119 cm³/mol. The molecule has 0 aliphatic carbocycles. The highest BCUT2D eigenvalue weighted by atomic mass is 32.2. The smallest absolute Gasteiger partial charge is 0.255 e. The van der Waals surface area contributed by atoms with Gasteiger partial charge in [0.2, 0.25) is 0 Å². The van der Waals surface area contributed by atoms with Crippen molar-refractivity contribution in [1.82, 2.24) is 0 Å². The molecule has 0 bridgehead atoms. The summed E-state index contributed by atoms with van der Waals surface area (Å²) < 4.78 is 11.5. The summed E-state index contributed by atoms with van der Waals surface area (Å²) in [4.78, 5) is 13.8. The van der Waals surface area contributed by atoms with Gasteiger partial charge in [-0.1, -0.05) is 30.3 Å². The van der Waals surface area contributed by atoms with Crippen LogP contribution in [0.5, 0.6) is 11.5 Å². The second-order valence-electron chi connectivity index (χ2n) is 6.65. The zero-order valence-electron chi connectivity index (χ0n) is 16.6. The third-order valence-corrected chi connectivity index (χ3v) is 4.95. The molecule has 4 nitrogen and oxygen atoms in total. The third-order valence-electron chi connectivity index (χ3n) is 3.98. The van der Waals surface area contributed by atoms with Crippen molar-refractivity contribution < 1.29 is 14.3 Å². The Balaban J connectivity index is 1.51. The van der Waals surface area contributed by atoms with Gasteiger partial charge in [-0.25, -0.2) is 0 Å². The SMILES string of the molecule is CC(C)Oc1ccccc1NC(=O)c1ccc(OCCSc2ccccc2)cc1. The number of hydrogen-bond acceptors (Lipinski definition) is 4. The highest BCUT2D eigenvalue weighted by Crippen LogP contribution is 2.25. The minimum atomic E-state index is -0.184. The van der Waals surface area contributed by atoms with Crippen LogP contribution in [-0.2, 0) is 0 Å². The quantitative estimate of drug-likeness (QED) is 0.354. The van der Waals surface area contributed by atoms with Gasteiger partial charge < -0.3 is 14.8 Å². The molecule has 150 valence electrons. The fourth-order valence-corrected chi connectivity index (χ4v) is 3.41. The lowest BCUT2D eigenvalue weighted by atomic mass is 10.2. The van der Waals surface area contributed by atoms with E-state index < -0.39 is 0 Å². The number of amides is 1. The van der Waals surface area contributed by atoms with Crippen molar-refractivity contribution in [1.29, 1.82) is 0 Å². The van der Waals surface area contributed by atoms with E-state index in [0.29, 0.717) is 23.6 Å². The Kier molecular flexibility index (Phi) is 7.59. The molecule has 5 heteroatoms. The molecule has 1 amide bonds. The van der Waals surface area contributed by atoms with Crippen LogP contribution < -0.4 is 14.8 Å². The molecule has 0 aliphatic heterocycles. The normalized spacial score (nSPS) is 10.6. The topological polar surface area (TPSA) is 47.6 Å². The molecule has 29 heavy (non-hydrogen) atoms. The summed E-state index contributed by atoms with van der Waals surface area (Å²) in [5, 5.41) is 2.91. The molecule has 0 fully saturated rings. The molecule has 0 radical (unpaired) electrons. The van der Waals surface area contributed by atoms with Crippen LogP contribution in [0.25, 0.3) is 0 Å². The largest absolute Gasteiger partial charge is 0.493 e. The van der Waals surface area contributed by atoms with E-state index in [-0.39, 0.29) is 12.0 Å². The van der Waals surface area contributed by atoms with E-state index in [1.165, 1.54) is 4.90 Å². The molecule has 0 atom stereocenters. The summed E-state index contributed by atoms with van der Waals surface area (Å²) in [5.41, 5.74) is 1.22. The van der Waals surface area contributed by atoms with Gasteiger partial charge >= 0.3 is 0 Å². The Morgan fingerprint density at radius 1 is 0.931 bits per heavy atom. The van der Waals surface area contributed by atoms with Gasteiger partial charge in [-0.3, -0.25) is 4.79 Å². The Bertz CT molecular complexity index is 911. The van der Waals surface area contributed by atoms with Gasteiger partial charge in [0.25, 0.3) is 5.91 Å². The Morgan fingerprint density at radius 2 is 1.62 bits per heavy atom. The molecular weight excluding hydrogens is 382 g/mol. The van der Waals surface area contributed by atoms with E-state index >= 15 is 0 Å². The van der Waals surface area contributed by atoms with Crippen molar-refractivity contribution in [2.45, 2.75) is 24.8 Å². The maximum absolute atomic E-state index is 12.6. The number of thioether (sulfide) groups is 1. The Labute approximate surface area is 176 Å². The first-order valence-electron chi connectivity index (χ1n) is 9.59. The van der Waals surface area contributed by atoms with Gasteiger partial charge in [0, 0.05) is 16.2 Å². The van der Waals surface area contributed by atoms with Crippen LogP contribution in [0, 0.1) is 0 Å². The first-order valence-corrected chi connectivity index (χ1v) is 10.6. The fourth-order valence-electron chi connectivity index (χ4n) is 2.66. The van der Waals surface area contributed by atoms with E-state index in [9.17, 15) is 4.79 Å². The maximum atomic E-state index is 12.6. The predicted octanol–water partition coefficient (Wildman–Crippen LogP) is 5.90. The molecular formula is C24H25NO3S. The molecule has 3 aromatic rings. The van der Waals surface area contributed by atoms with Crippen molar-refractivity contribution in [3.63, 3.8) is 0 Å². The van der Waals surface area contributed by atoms with Crippen molar-refractivity contribution >= 4 is 23.4 Å². The van der Waals surface area contributed by atoms with Crippen molar-refractivity contribution in [3.05, 3.63) is 84.4 Å². The number of rotatable bonds is 9. The lowest BCUT2D eigenvalue weighted by Gasteiger charge is -2.15. The zero-order valence-corrected chi connectivity index (χ0v) is 17.4. The monoisotopic (exact) mass is 407 g/mol. The van der Waals surface area contributed by atoms with E-state index in [1.54, 1.807) is 23.9 Å². The molecule has 0 spiro atoms. The lowest BCUT2D eigenvalue weighted by molar-refractivity contribution is 0.102. The average molecular weight is 408 g/mol. The van der Waals surface area contributed by atoms with Gasteiger partial charge in [0.1, 0.15) is 11.5 Å². The first-order chi connectivity index (χ1) is 14.1. The van der Waals surface area contributed by atoms with Crippen LogP contribution in [0.15, 0.2) is 83.8 Å². The molecule has 0 heterocycles. The summed E-state index contributed by atoms with van der Waals surface area (Å²) in [6.45, 7) is 4.51. The molecule has 3 rings (SSSR count). The molecule has 1 N–H and O–H groups in total. The van der Waals surface area contributed by atoms with Gasteiger partial charge in [0.05, 0.1) is 18.4 Å². The van der Waals surface area contributed by atoms with Crippen LogP contribution in [0.4, 0.5) is 5.69 Å². The number of nitrogens with one attached hydrogen (secondary N) is 1. The fraction of sp³-hybridized carbons (Fsp3) is 0.208. The summed E-state index contributed by atoms with van der Waals surface area (Å²) >= 11 is 1.75. The first kappa shape index (κ1) is 20.8. The van der Waals surface area contributed by atoms with Crippen LogP contribution in [-0.4, -0.2) is 24.4 Å². The minimum Gasteiger partial charge on any atom is -0.493 e. The second kappa shape index (κ2) is 10.6. The number of carbonyl (C=O) groups excluding carboxylic acids is 1. The summed E-state index contributed by atoms with van der Waals surface area (Å²) in [7, 11) is 0. The van der Waals surface area contributed by atoms with Crippen LogP contribution in [0.1, 0.15) is 24.2 Å². The van der Waals surface area contributed by atoms with E-state index in [4.69, 9.17) is 9.47 Å². The van der Waals surface area contributed by atoms with E-state index in [1.807, 2.05) is 68.4 Å². The molecule has 0 aliphatic rings. The van der Waals surface area contributed by atoms with E-state index in [0.717, 1.165) is 11.5 Å². The minimum absolute atomic E-state index is 0.0320. The highest BCUT2D eigenvalue weighted by molar-refractivity contribution is 7.99. The van der Waals surface area contributed by atoms with Gasteiger partial charge in [-0.05, 0) is 62.4 Å². The van der Waals surface area contributed by atoms with Gasteiger partial charge in [-0.15, -0.1) is 11.8 Å². The lowest BCUT2D eigenvalue weighted by Crippen LogP contribution is -2.14. The van der Waals surface area contributed by atoms with Crippen LogP contribution in [0.2, 0.25) is 0 Å². The number of hydrogen-bond donors (Lipinski definition) is 1. The van der Waals surface area contributed by atoms with Crippen molar-refractivity contribution in [2.75, 3.05) is 17.7 Å². The van der Waals surface area contributed by atoms with Crippen molar-refractivity contribution in [2.24, 2.45) is 0 Å². The summed E-state index contributed by atoms with van der Waals surface area (Å²) in [6, 6.07) is 24.8. The number of benzene rings is 3. The maximum Gasteiger partial charge on any atom is 0.255 e. The number of para-hydroxylation sites is 2. The van der Waals surface area contributed by atoms with Crippen LogP contribution >= 0.6 is 11.8 Å². The molecule has 0 unspecified atom stereocenters. The van der Waals surface area contributed by atoms with Crippen LogP contribution in [0.3, 0.4) is 0 Å². The molecule has 0 saturated heterocycles. The second-order valence-corrected chi connectivity index (χ2v) is 7.82. The summed E-state index contributed by atoms with van der Waals surface area (Å²) in [5.74, 6) is 2.08. The number of anilines is 1. The average Bonchev–Trinajstić information content (AvgIpc) is 2.73. The number of ether oxygens (including phenoxy) is 2.